The van der Waals surface area contributed by atoms with Gasteiger partial charge in [0.05, 0.1) is 12.8 Å². The van der Waals surface area contributed by atoms with E-state index in [1.54, 1.807) is 4.90 Å². The number of hydrogen-bond acceptors (Lipinski definition) is 2. The molecule has 0 bridgehead atoms. The Kier molecular flexibility index (Phi) is 2.33. The van der Waals surface area contributed by atoms with Crippen LogP contribution in [0.5, 0.6) is 0 Å². The molecule has 1 aromatic carbocycles. The third kappa shape index (κ3) is 1.34. The Morgan fingerprint density at radius 1 is 1.57 bits per heavy atom. The number of anilines is 1. The van der Waals surface area contributed by atoms with Crippen LogP contribution in [0.25, 0.3) is 0 Å². The Labute approximate surface area is 87.2 Å². The first-order valence-corrected chi connectivity index (χ1v) is 4.74. The number of carbonyl (C=O) groups is 1. The summed E-state index contributed by atoms with van der Waals surface area (Å²) in [4.78, 5) is 12.9. The summed E-state index contributed by atoms with van der Waals surface area (Å²) < 4.78 is 4.67. The van der Waals surface area contributed by atoms with Crippen molar-refractivity contribution < 1.29 is 9.53 Å². The Bertz CT molecular complexity index is 378. The molecule has 1 heterocycles. The number of hydrogen-bond donors (Lipinski definition) is 0. The monoisotopic (exact) mass is 211 g/mol. The smallest absolute Gasteiger partial charge is 0.414 e. The second-order valence-corrected chi connectivity index (χ2v) is 3.52. The third-order valence-electron chi connectivity index (χ3n) is 2.37. The first-order chi connectivity index (χ1) is 6.74. The van der Waals surface area contributed by atoms with Gasteiger partial charge in [0.2, 0.25) is 0 Å². The van der Waals surface area contributed by atoms with Gasteiger partial charge >= 0.3 is 6.09 Å². The van der Waals surface area contributed by atoms with E-state index in [-0.39, 0.29) is 6.09 Å². The van der Waals surface area contributed by atoms with Gasteiger partial charge < -0.3 is 4.74 Å². The van der Waals surface area contributed by atoms with Crippen molar-refractivity contribution in [3.63, 3.8) is 0 Å². The van der Waals surface area contributed by atoms with Crippen LogP contribution < -0.4 is 4.90 Å². The van der Waals surface area contributed by atoms with E-state index in [9.17, 15) is 4.79 Å². The quantitative estimate of drug-likeness (QED) is 0.660. The lowest BCUT2D eigenvalue weighted by Gasteiger charge is -2.15. The number of benzene rings is 1. The maximum Gasteiger partial charge on any atom is 0.414 e. The maximum atomic E-state index is 11.3. The minimum atomic E-state index is -0.328. The second kappa shape index (κ2) is 3.50. The number of nitrogens with zero attached hydrogens (tertiary/aromatic N) is 1. The average molecular weight is 212 g/mol. The summed E-state index contributed by atoms with van der Waals surface area (Å²) in [5.41, 5.74) is 1.89. The van der Waals surface area contributed by atoms with Crippen LogP contribution in [0.15, 0.2) is 18.2 Å². The lowest BCUT2D eigenvalue weighted by atomic mass is 10.2. The Morgan fingerprint density at radius 3 is 3.07 bits per heavy atom. The molecule has 14 heavy (non-hydrogen) atoms. The van der Waals surface area contributed by atoms with E-state index in [0.717, 1.165) is 17.7 Å². The molecule has 1 aromatic rings. The first kappa shape index (κ1) is 9.34. The molecule has 0 radical (unpaired) electrons. The molecule has 1 aliphatic heterocycles. The van der Waals surface area contributed by atoms with Crippen LogP contribution in [-0.2, 0) is 11.2 Å². The van der Waals surface area contributed by atoms with Gasteiger partial charge in [-0.1, -0.05) is 17.7 Å². The van der Waals surface area contributed by atoms with E-state index in [1.807, 2.05) is 18.2 Å². The van der Waals surface area contributed by atoms with Gasteiger partial charge in [-0.25, -0.2) is 4.79 Å². The number of ether oxygens (including phenoxy) is 1. The summed E-state index contributed by atoms with van der Waals surface area (Å²) in [6.45, 7) is 0.645. The molecule has 0 unspecified atom stereocenters. The summed E-state index contributed by atoms with van der Waals surface area (Å²) in [7, 11) is 1.38. The number of halogens is 1. The molecule has 1 amide bonds. The number of carbonyl (C=O) groups excluding carboxylic acids is 1. The Hall–Kier alpha value is -1.22. The Morgan fingerprint density at radius 2 is 2.36 bits per heavy atom. The zero-order chi connectivity index (χ0) is 10.1. The molecule has 0 saturated heterocycles. The zero-order valence-electron chi connectivity index (χ0n) is 7.79. The lowest BCUT2D eigenvalue weighted by molar-refractivity contribution is 0.179. The van der Waals surface area contributed by atoms with Gasteiger partial charge in [-0.15, -0.1) is 0 Å². The molecule has 0 spiro atoms. The van der Waals surface area contributed by atoms with Gasteiger partial charge in [-0.2, -0.15) is 0 Å². The van der Waals surface area contributed by atoms with Crippen molar-refractivity contribution >= 4 is 23.4 Å². The van der Waals surface area contributed by atoms with Crippen molar-refractivity contribution in [2.75, 3.05) is 18.6 Å². The van der Waals surface area contributed by atoms with Crippen LogP contribution in [0.4, 0.5) is 10.5 Å². The summed E-state index contributed by atoms with van der Waals surface area (Å²) in [6, 6.07) is 5.55. The summed E-state index contributed by atoms with van der Waals surface area (Å²) in [5.74, 6) is 0. The van der Waals surface area contributed by atoms with Gasteiger partial charge in [-0.3, -0.25) is 4.90 Å². The SMILES string of the molecule is COC(=O)N1CCc2c(Cl)cccc21. The zero-order valence-corrected chi connectivity index (χ0v) is 8.54. The molecule has 0 saturated carbocycles. The van der Waals surface area contributed by atoms with Crippen LogP contribution in [0.3, 0.4) is 0 Å². The topological polar surface area (TPSA) is 29.5 Å². The highest BCUT2D eigenvalue weighted by atomic mass is 35.5. The van der Waals surface area contributed by atoms with Crippen LogP contribution in [0.1, 0.15) is 5.56 Å². The lowest BCUT2D eigenvalue weighted by Crippen LogP contribution is -2.28. The number of rotatable bonds is 0. The van der Waals surface area contributed by atoms with Crippen LogP contribution in [-0.4, -0.2) is 19.7 Å². The molecule has 3 nitrogen and oxygen atoms in total. The minimum absolute atomic E-state index is 0.328. The maximum absolute atomic E-state index is 11.3. The van der Waals surface area contributed by atoms with E-state index < -0.39 is 0 Å². The molecular formula is C10H10ClNO2. The van der Waals surface area contributed by atoms with E-state index in [4.69, 9.17) is 11.6 Å². The fourth-order valence-corrected chi connectivity index (χ4v) is 1.96. The standard InChI is InChI=1S/C10H10ClNO2/c1-14-10(13)12-6-5-7-8(11)3-2-4-9(7)12/h2-4H,5-6H2,1H3. The molecule has 2 rings (SSSR count). The van der Waals surface area contributed by atoms with Crippen molar-refractivity contribution in [3.05, 3.63) is 28.8 Å². The van der Waals surface area contributed by atoms with Gasteiger partial charge in [-0.05, 0) is 24.1 Å². The summed E-state index contributed by atoms with van der Waals surface area (Å²) in [5, 5.41) is 0.717. The summed E-state index contributed by atoms with van der Waals surface area (Å²) in [6.07, 6.45) is 0.468. The molecular weight excluding hydrogens is 202 g/mol. The molecule has 0 fully saturated rings. The van der Waals surface area contributed by atoms with E-state index in [1.165, 1.54) is 7.11 Å². The van der Waals surface area contributed by atoms with E-state index in [2.05, 4.69) is 4.74 Å². The van der Waals surface area contributed by atoms with Crippen LogP contribution in [0.2, 0.25) is 5.02 Å². The highest BCUT2D eigenvalue weighted by molar-refractivity contribution is 6.32. The van der Waals surface area contributed by atoms with Crippen molar-refractivity contribution in [3.8, 4) is 0 Å². The van der Waals surface area contributed by atoms with Crippen LogP contribution in [0, 0.1) is 0 Å². The molecule has 0 aliphatic carbocycles. The van der Waals surface area contributed by atoms with Gasteiger partial charge in [0, 0.05) is 11.6 Å². The third-order valence-corrected chi connectivity index (χ3v) is 2.72. The summed E-state index contributed by atoms with van der Waals surface area (Å²) >= 11 is 6.00. The molecule has 0 aromatic heterocycles. The fraction of sp³-hybridized carbons (Fsp3) is 0.300. The fourth-order valence-electron chi connectivity index (χ4n) is 1.69. The normalized spacial score (nSPS) is 14.0. The van der Waals surface area contributed by atoms with Crippen LogP contribution >= 0.6 is 11.6 Å². The Balaban J connectivity index is 2.40. The molecule has 0 N–H and O–H groups in total. The van der Waals surface area contributed by atoms with Gasteiger partial charge in [0.25, 0.3) is 0 Å². The first-order valence-electron chi connectivity index (χ1n) is 4.37. The highest BCUT2D eigenvalue weighted by Crippen LogP contribution is 2.33. The van der Waals surface area contributed by atoms with Crippen molar-refractivity contribution in [2.24, 2.45) is 0 Å². The van der Waals surface area contributed by atoms with Crippen molar-refractivity contribution in [1.29, 1.82) is 0 Å². The predicted molar refractivity (Wildman–Crippen MR) is 54.9 cm³/mol. The second-order valence-electron chi connectivity index (χ2n) is 3.11. The number of methoxy groups -OCH3 is 1. The number of amides is 1. The molecule has 4 heteroatoms. The van der Waals surface area contributed by atoms with Gasteiger partial charge in [0.1, 0.15) is 0 Å². The van der Waals surface area contributed by atoms with E-state index in [0.29, 0.717) is 11.6 Å². The number of fused-ring (bicyclic) bond motifs is 1. The minimum Gasteiger partial charge on any atom is -0.452 e. The highest BCUT2D eigenvalue weighted by Gasteiger charge is 2.26. The molecule has 0 atom stereocenters. The average Bonchev–Trinajstić information content (AvgIpc) is 2.62. The molecule has 1 aliphatic rings. The van der Waals surface area contributed by atoms with Gasteiger partial charge in [0.15, 0.2) is 0 Å². The van der Waals surface area contributed by atoms with E-state index >= 15 is 0 Å². The van der Waals surface area contributed by atoms with Crippen molar-refractivity contribution in [1.82, 2.24) is 0 Å². The predicted octanol–water partition coefficient (Wildman–Crippen LogP) is 2.47. The van der Waals surface area contributed by atoms with Crippen molar-refractivity contribution in [2.45, 2.75) is 6.42 Å². The molecule has 74 valence electrons. The largest absolute Gasteiger partial charge is 0.452 e.